The Labute approximate surface area is 162 Å². The Morgan fingerprint density at radius 2 is 1.88 bits per heavy atom. The normalized spacial score (nSPS) is 11.5. The van der Waals surface area contributed by atoms with E-state index in [1.807, 2.05) is 49.4 Å². The zero-order chi connectivity index (χ0) is 18.9. The summed E-state index contributed by atoms with van der Waals surface area (Å²) in [6.45, 7) is 4.30. The summed E-state index contributed by atoms with van der Waals surface area (Å²) >= 11 is 3.43. The number of hydrogen-bond donors (Lipinski definition) is 1. The van der Waals surface area contributed by atoms with Crippen molar-refractivity contribution in [3.63, 3.8) is 0 Å². The molecule has 0 aromatic heterocycles. The molecule has 26 heavy (non-hydrogen) atoms. The molecule has 0 radical (unpaired) electrons. The predicted molar refractivity (Wildman–Crippen MR) is 105 cm³/mol. The van der Waals surface area contributed by atoms with Gasteiger partial charge in [0, 0.05) is 17.6 Å². The minimum Gasteiger partial charge on any atom is -0.484 e. The number of hydrogen-bond acceptors (Lipinski definition) is 3. The third-order valence-corrected chi connectivity index (χ3v) is 4.36. The van der Waals surface area contributed by atoms with Crippen LogP contribution in [0.25, 0.3) is 0 Å². The number of amides is 2. The van der Waals surface area contributed by atoms with Crippen LogP contribution in [0, 0.1) is 0 Å². The van der Waals surface area contributed by atoms with E-state index in [2.05, 4.69) is 21.2 Å². The van der Waals surface area contributed by atoms with Crippen molar-refractivity contribution >= 4 is 27.7 Å². The second kappa shape index (κ2) is 9.97. The molecule has 1 N–H and O–H groups in total. The van der Waals surface area contributed by atoms with Gasteiger partial charge in [-0.2, -0.15) is 0 Å². The quantitative estimate of drug-likeness (QED) is 0.714. The zero-order valence-corrected chi connectivity index (χ0v) is 16.5. The van der Waals surface area contributed by atoms with Gasteiger partial charge in [0.2, 0.25) is 5.91 Å². The molecule has 0 aliphatic rings. The molecule has 1 atom stereocenters. The lowest BCUT2D eigenvalue weighted by Crippen LogP contribution is -2.49. The number of nitrogens with one attached hydrogen (secondary N) is 1. The molecule has 1 unspecified atom stereocenters. The summed E-state index contributed by atoms with van der Waals surface area (Å²) in [5.74, 6) is 0.192. The zero-order valence-electron chi connectivity index (χ0n) is 14.9. The highest BCUT2D eigenvalue weighted by Gasteiger charge is 2.26. The Kier molecular flexibility index (Phi) is 7.66. The molecule has 2 aromatic carbocycles. The molecule has 0 spiro atoms. The van der Waals surface area contributed by atoms with E-state index in [0.717, 1.165) is 10.0 Å². The molecular weight excluding hydrogens is 396 g/mol. The highest BCUT2D eigenvalue weighted by atomic mass is 79.9. The van der Waals surface area contributed by atoms with Gasteiger partial charge in [0.1, 0.15) is 11.8 Å². The van der Waals surface area contributed by atoms with Crippen LogP contribution in [0.4, 0.5) is 0 Å². The van der Waals surface area contributed by atoms with Crippen LogP contribution in [-0.4, -0.2) is 35.9 Å². The van der Waals surface area contributed by atoms with Crippen LogP contribution in [0.3, 0.4) is 0 Å². The van der Waals surface area contributed by atoms with Crippen molar-refractivity contribution in [3.05, 3.63) is 64.6 Å². The Balaban J connectivity index is 2.12. The van der Waals surface area contributed by atoms with E-state index in [1.165, 1.54) is 4.90 Å². The van der Waals surface area contributed by atoms with Crippen molar-refractivity contribution in [1.29, 1.82) is 0 Å². The molecule has 0 aliphatic carbocycles. The molecule has 0 bridgehead atoms. The highest BCUT2D eigenvalue weighted by molar-refractivity contribution is 9.10. The van der Waals surface area contributed by atoms with Crippen LogP contribution in [0.1, 0.15) is 19.4 Å². The van der Waals surface area contributed by atoms with Crippen LogP contribution >= 0.6 is 15.9 Å². The SMILES string of the molecule is CCNC(=O)C(C)N(Cc1cccc(Br)c1)C(=O)COc1ccccc1. The summed E-state index contributed by atoms with van der Waals surface area (Å²) in [4.78, 5) is 26.6. The number of para-hydroxylation sites is 1. The maximum absolute atomic E-state index is 12.8. The van der Waals surface area contributed by atoms with Crippen LogP contribution in [0.2, 0.25) is 0 Å². The van der Waals surface area contributed by atoms with E-state index in [0.29, 0.717) is 18.8 Å². The summed E-state index contributed by atoms with van der Waals surface area (Å²) in [5, 5.41) is 2.77. The van der Waals surface area contributed by atoms with E-state index >= 15 is 0 Å². The molecule has 6 heteroatoms. The lowest BCUT2D eigenvalue weighted by Gasteiger charge is -2.28. The molecular formula is C20H23BrN2O3. The molecule has 0 heterocycles. The van der Waals surface area contributed by atoms with Gasteiger partial charge in [0.15, 0.2) is 6.61 Å². The summed E-state index contributed by atoms with van der Waals surface area (Å²) in [5.41, 5.74) is 0.934. The number of carbonyl (C=O) groups excluding carboxylic acids is 2. The fourth-order valence-electron chi connectivity index (χ4n) is 2.48. The highest BCUT2D eigenvalue weighted by Crippen LogP contribution is 2.16. The molecule has 0 aliphatic heterocycles. The molecule has 2 aromatic rings. The van der Waals surface area contributed by atoms with Gasteiger partial charge in [0.25, 0.3) is 5.91 Å². The Morgan fingerprint density at radius 3 is 2.54 bits per heavy atom. The summed E-state index contributed by atoms with van der Waals surface area (Å²) in [7, 11) is 0. The summed E-state index contributed by atoms with van der Waals surface area (Å²) < 4.78 is 6.49. The van der Waals surface area contributed by atoms with Gasteiger partial charge in [-0.05, 0) is 43.7 Å². The largest absolute Gasteiger partial charge is 0.484 e. The summed E-state index contributed by atoms with van der Waals surface area (Å²) in [6, 6.07) is 16.2. The van der Waals surface area contributed by atoms with E-state index < -0.39 is 6.04 Å². The Hall–Kier alpha value is -2.34. The number of carbonyl (C=O) groups is 2. The lowest BCUT2D eigenvalue weighted by molar-refractivity contribution is -0.142. The van der Waals surface area contributed by atoms with Gasteiger partial charge in [-0.1, -0.05) is 46.3 Å². The fourth-order valence-corrected chi connectivity index (χ4v) is 2.93. The van der Waals surface area contributed by atoms with E-state index in [-0.39, 0.29) is 18.4 Å². The Bertz CT molecular complexity index is 737. The van der Waals surface area contributed by atoms with Gasteiger partial charge in [0.05, 0.1) is 0 Å². The van der Waals surface area contributed by atoms with Crippen LogP contribution in [-0.2, 0) is 16.1 Å². The smallest absolute Gasteiger partial charge is 0.261 e. The van der Waals surface area contributed by atoms with E-state index in [9.17, 15) is 9.59 Å². The fraction of sp³-hybridized carbons (Fsp3) is 0.300. The van der Waals surface area contributed by atoms with Crippen molar-refractivity contribution in [2.75, 3.05) is 13.2 Å². The van der Waals surface area contributed by atoms with Crippen molar-refractivity contribution in [2.24, 2.45) is 0 Å². The van der Waals surface area contributed by atoms with Crippen molar-refractivity contribution in [1.82, 2.24) is 10.2 Å². The monoisotopic (exact) mass is 418 g/mol. The topological polar surface area (TPSA) is 58.6 Å². The van der Waals surface area contributed by atoms with Crippen molar-refractivity contribution in [3.8, 4) is 5.75 Å². The van der Waals surface area contributed by atoms with E-state index in [1.54, 1.807) is 19.1 Å². The van der Waals surface area contributed by atoms with Crippen molar-refractivity contribution < 1.29 is 14.3 Å². The van der Waals surface area contributed by atoms with Gasteiger partial charge in [-0.15, -0.1) is 0 Å². The number of halogens is 1. The second-order valence-corrected chi connectivity index (χ2v) is 6.74. The average Bonchev–Trinajstić information content (AvgIpc) is 2.64. The summed E-state index contributed by atoms with van der Waals surface area (Å²) in [6.07, 6.45) is 0. The molecule has 138 valence electrons. The molecule has 0 saturated heterocycles. The Morgan fingerprint density at radius 1 is 1.15 bits per heavy atom. The van der Waals surface area contributed by atoms with Gasteiger partial charge in [-0.25, -0.2) is 0 Å². The minimum absolute atomic E-state index is 0.123. The molecule has 5 nitrogen and oxygen atoms in total. The molecule has 0 saturated carbocycles. The predicted octanol–water partition coefficient (Wildman–Crippen LogP) is 3.38. The first-order chi connectivity index (χ1) is 12.5. The van der Waals surface area contributed by atoms with E-state index in [4.69, 9.17) is 4.74 Å². The van der Waals surface area contributed by atoms with Crippen molar-refractivity contribution in [2.45, 2.75) is 26.4 Å². The first-order valence-corrected chi connectivity index (χ1v) is 9.30. The van der Waals surface area contributed by atoms with Gasteiger partial charge < -0.3 is 15.0 Å². The van der Waals surface area contributed by atoms with Gasteiger partial charge in [-0.3, -0.25) is 9.59 Å². The number of benzene rings is 2. The third-order valence-electron chi connectivity index (χ3n) is 3.87. The average molecular weight is 419 g/mol. The first-order valence-electron chi connectivity index (χ1n) is 8.50. The number of likely N-dealkylation sites (N-methyl/N-ethyl adjacent to an activating group) is 1. The first kappa shape index (κ1) is 20.0. The second-order valence-electron chi connectivity index (χ2n) is 5.82. The standard InChI is InChI=1S/C20H23BrN2O3/c1-3-22-20(25)15(2)23(13-16-8-7-9-17(21)12-16)19(24)14-26-18-10-5-4-6-11-18/h4-12,15H,3,13-14H2,1-2H3,(H,22,25). The third kappa shape index (κ3) is 5.88. The number of nitrogens with zero attached hydrogens (tertiary/aromatic N) is 1. The molecule has 2 rings (SSSR count). The lowest BCUT2D eigenvalue weighted by atomic mass is 10.1. The number of ether oxygens (including phenoxy) is 1. The maximum atomic E-state index is 12.8. The number of rotatable bonds is 8. The maximum Gasteiger partial charge on any atom is 0.261 e. The van der Waals surface area contributed by atoms with Gasteiger partial charge >= 0.3 is 0 Å². The van der Waals surface area contributed by atoms with Crippen LogP contribution in [0.15, 0.2) is 59.1 Å². The van der Waals surface area contributed by atoms with Crippen LogP contribution in [0.5, 0.6) is 5.75 Å². The molecule has 2 amide bonds. The van der Waals surface area contributed by atoms with Crippen LogP contribution < -0.4 is 10.1 Å². The minimum atomic E-state index is -0.596. The molecule has 0 fully saturated rings.